The summed E-state index contributed by atoms with van der Waals surface area (Å²) in [6, 6.07) is 5.43. The second-order valence-electron chi connectivity index (χ2n) is 3.43. The molecule has 0 saturated carbocycles. The van der Waals surface area contributed by atoms with Crippen molar-refractivity contribution in [3.63, 3.8) is 0 Å². The summed E-state index contributed by atoms with van der Waals surface area (Å²) in [5, 5.41) is 0. The minimum absolute atomic E-state index is 0. The van der Waals surface area contributed by atoms with Gasteiger partial charge in [0, 0.05) is 17.7 Å². The minimum Gasteiger partial charge on any atom is -0.496 e. The Morgan fingerprint density at radius 1 is 1.40 bits per heavy atom. The first-order valence-electron chi connectivity index (χ1n) is 4.44. The van der Waals surface area contributed by atoms with E-state index >= 15 is 0 Å². The molecule has 0 aliphatic rings. The van der Waals surface area contributed by atoms with Gasteiger partial charge in [-0.05, 0) is 32.3 Å². The average molecular weight is 230 g/mol. The lowest BCUT2D eigenvalue weighted by Crippen LogP contribution is -2.11. The number of carbonyl (C=O) groups excluding carboxylic acids is 1. The molecule has 0 saturated heterocycles. The van der Waals surface area contributed by atoms with Crippen molar-refractivity contribution in [2.45, 2.75) is 6.54 Å². The van der Waals surface area contributed by atoms with E-state index in [0.29, 0.717) is 5.56 Å². The van der Waals surface area contributed by atoms with Crippen molar-refractivity contribution in [2.75, 3.05) is 21.2 Å². The Hall–Kier alpha value is -1.06. The third-order valence-electron chi connectivity index (χ3n) is 1.93. The van der Waals surface area contributed by atoms with Gasteiger partial charge in [0.15, 0.2) is 0 Å². The molecule has 0 radical (unpaired) electrons. The molecule has 1 rings (SSSR count). The topological polar surface area (TPSA) is 29.5 Å². The predicted molar refractivity (Wildman–Crippen MR) is 63.0 cm³/mol. The first-order valence-corrected chi connectivity index (χ1v) is 4.44. The molecule has 3 nitrogen and oxygen atoms in total. The molecule has 1 aromatic carbocycles. The standard InChI is InChI=1S/C11H15NO2.ClH/c1-12(2)7-10-6-9(8-13)4-5-11(10)14-3;/h4-6,8H,7H2,1-3H3;1H. The smallest absolute Gasteiger partial charge is 0.150 e. The number of nitrogens with zero attached hydrogens (tertiary/aromatic N) is 1. The summed E-state index contributed by atoms with van der Waals surface area (Å²) >= 11 is 0. The quantitative estimate of drug-likeness (QED) is 0.740. The second kappa shape index (κ2) is 6.43. The van der Waals surface area contributed by atoms with Crippen LogP contribution in [0.1, 0.15) is 15.9 Å². The summed E-state index contributed by atoms with van der Waals surface area (Å²) in [6.07, 6.45) is 0.846. The summed E-state index contributed by atoms with van der Waals surface area (Å²) in [4.78, 5) is 12.6. The predicted octanol–water partition coefficient (Wildman–Crippen LogP) is 1.99. The zero-order valence-corrected chi connectivity index (χ0v) is 10.0. The van der Waals surface area contributed by atoms with Gasteiger partial charge in [-0.15, -0.1) is 12.4 Å². The Balaban J connectivity index is 0.00000196. The van der Waals surface area contributed by atoms with Crippen LogP contribution < -0.4 is 4.74 Å². The van der Waals surface area contributed by atoms with Gasteiger partial charge in [0.2, 0.25) is 0 Å². The molecule has 84 valence electrons. The maximum absolute atomic E-state index is 10.6. The lowest BCUT2D eigenvalue weighted by Gasteiger charge is -2.13. The molecule has 0 aliphatic heterocycles. The van der Waals surface area contributed by atoms with Crippen molar-refractivity contribution in [2.24, 2.45) is 0 Å². The highest BCUT2D eigenvalue weighted by Crippen LogP contribution is 2.20. The van der Waals surface area contributed by atoms with Crippen molar-refractivity contribution in [1.29, 1.82) is 0 Å². The van der Waals surface area contributed by atoms with E-state index in [4.69, 9.17) is 4.74 Å². The lowest BCUT2D eigenvalue weighted by atomic mass is 10.1. The highest BCUT2D eigenvalue weighted by atomic mass is 35.5. The lowest BCUT2D eigenvalue weighted by molar-refractivity contribution is 0.112. The van der Waals surface area contributed by atoms with E-state index in [1.54, 1.807) is 13.2 Å². The van der Waals surface area contributed by atoms with Crippen LogP contribution in [-0.2, 0) is 6.54 Å². The molecular formula is C11H16ClNO2. The van der Waals surface area contributed by atoms with E-state index in [9.17, 15) is 4.79 Å². The zero-order valence-electron chi connectivity index (χ0n) is 9.19. The summed E-state index contributed by atoms with van der Waals surface area (Å²) < 4.78 is 5.20. The molecule has 15 heavy (non-hydrogen) atoms. The second-order valence-corrected chi connectivity index (χ2v) is 3.43. The fourth-order valence-electron chi connectivity index (χ4n) is 1.34. The van der Waals surface area contributed by atoms with Crippen LogP contribution in [-0.4, -0.2) is 32.4 Å². The molecule has 0 aliphatic carbocycles. The van der Waals surface area contributed by atoms with Gasteiger partial charge in [-0.3, -0.25) is 4.79 Å². The normalized spacial score (nSPS) is 9.60. The van der Waals surface area contributed by atoms with E-state index < -0.39 is 0 Å². The van der Waals surface area contributed by atoms with Crippen molar-refractivity contribution >= 4 is 18.7 Å². The monoisotopic (exact) mass is 229 g/mol. The molecule has 0 N–H and O–H groups in total. The van der Waals surface area contributed by atoms with Crippen LogP contribution in [0.2, 0.25) is 0 Å². The molecule has 0 unspecified atom stereocenters. The van der Waals surface area contributed by atoms with E-state index in [2.05, 4.69) is 0 Å². The number of hydrogen-bond donors (Lipinski definition) is 0. The van der Waals surface area contributed by atoms with Gasteiger partial charge < -0.3 is 9.64 Å². The number of methoxy groups -OCH3 is 1. The van der Waals surface area contributed by atoms with E-state index in [0.717, 1.165) is 24.1 Å². The van der Waals surface area contributed by atoms with Crippen LogP contribution in [0.3, 0.4) is 0 Å². The van der Waals surface area contributed by atoms with E-state index in [1.165, 1.54) is 0 Å². The third-order valence-corrected chi connectivity index (χ3v) is 1.93. The van der Waals surface area contributed by atoms with Gasteiger partial charge in [0.05, 0.1) is 7.11 Å². The fourth-order valence-corrected chi connectivity index (χ4v) is 1.34. The van der Waals surface area contributed by atoms with Crippen LogP contribution in [0.5, 0.6) is 5.75 Å². The number of benzene rings is 1. The molecule has 0 spiro atoms. The molecular weight excluding hydrogens is 214 g/mol. The largest absolute Gasteiger partial charge is 0.496 e. The molecule has 0 heterocycles. The van der Waals surface area contributed by atoms with Gasteiger partial charge >= 0.3 is 0 Å². The SMILES string of the molecule is COc1ccc(C=O)cc1CN(C)C.Cl. The summed E-state index contributed by atoms with van der Waals surface area (Å²) in [6.45, 7) is 0.769. The van der Waals surface area contributed by atoms with Gasteiger partial charge in [-0.25, -0.2) is 0 Å². The van der Waals surface area contributed by atoms with Crippen LogP contribution in [0.15, 0.2) is 18.2 Å². The first kappa shape index (κ1) is 13.9. The minimum atomic E-state index is 0. The number of carbonyl (C=O) groups is 1. The van der Waals surface area contributed by atoms with Crippen LogP contribution in [0.4, 0.5) is 0 Å². The number of ether oxygens (including phenoxy) is 1. The maximum Gasteiger partial charge on any atom is 0.150 e. The highest BCUT2D eigenvalue weighted by Gasteiger charge is 2.04. The highest BCUT2D eigenvalue weighted by molar-refractivity contribution is 5.85. The molecule has 4 heteroatoms. The summed E-state index contributed by atoms with van der Waals surface area (Å²) in [5.74, 6) is 0.823. The molecule has 0 atom stereocenters. The fraction of sp³-hybridized carbons (Fsp3) is 0.364. The molecule has 0 fully saturated rings. The Morgan fingerprint density at radius 3 is 2.53 bits per heavy atom. The Kier molecular flexibility index (Phi) is 5.97. The maximum atomic E-state index is 10.6. The van der Waals surface area contributed by atoms with Crippen molar-refractivity contribution in [3.05, 3.63) is 29.3 Å². The van der Waals surface area contributed by atoms with Crippen molar-refractivity contribution in [3.8, 4) is 5.75 Å². The summed E-state index contributed by atoms with van der Waals surface area (Å²) in [5.41, 5.74) is 1.71. The zero-order chi connectivity index (χ0) is 10.6. The van der Waals surface area contributed by atoms with Crippen LogP contribution >= 0.6 is 12.4 Å². The van der Waals surface area contributed by atoms with Crippen LogP contribution in [0, 0.1) is 0 Å². The van der Waals surface area contributed by atoms with Crippen molar-refractivity contribution in [1.82, 2.24) is 4.90 Å². The molecule has 0 aromatic heterocycles. The molecule has 1 aromatic rings. The molecule has 0 amide bonds. The number of aldehydes is 1. The third kappa shape index (κ3) is 3.90. The number of rotatable bonds is 4. The number of halogens is 1. The molecule has 0 bridgehead atoms. The van der Waals surface area contributed by atoms with Gasteiger partial charge in [-0.2, -0.15) is 0 Å². The first-order chi connectivity index (χ1) is 6.67. The number of hydrogen-bond acceptors (Lipinski definition) is 3. The van der Waals surface area contributed by atoms with E-state index in [1.807, 2.05) is 31.1 Å². The van der Waals surface area contributed by atoms with Crippen molar-refractivity contribution < 1.29 is 9.53 Å². The summed E-state index contributed by atoms with van der Waals surface area (Å²) in [7, 11) is 5.59. The Morgan fingerprint density at radius 2 is 2.07 bits per heavy atom. The van der Waals surface area contributed by atoms with Crippen LogP contribution in [0.25, 0.3) is 0 Å². The Bertz CT molecular complexity index is 326. The average Bonchev–Trinajstić information content (AvgIpc) is 2.16. The van der Waals surface area contributed by atoms with Gasteiger partial charge in [0.25, 0.3) is 0 Å². The van der Waals surface area contributed by atoms with Gasteiger partial charge in [-0.1, -0.05) is 0 Å². The van der Waals surface area contributed by atoms with Gasteiger partial charge in [0.1, 0.15) is 12.0 Å². The van der Waals surface area contributed by atoms with E-state index in [-0.39, 0.29) is 12.4 Å². The Labute approximate surface area is 96.4 Å².